The van der Waals surface area contributed by atoms with E-state index in [4.69, 9.17) is 4.74 Å². The van der Waals surface area contributed by atoms with Crippen molar-refractivity contribution < 1.29 is 9.53 Å². The zero-order valence-electron chi connectivity index (χ0n) is 16.4. The fourth-order valence-corrected chi connectivity index (χ4v) is 4.40. The molecule has 0 aromatic heterocycles. The number of rotatable bonds is 6. The molecule has 1 aliphatic heterocycles. The van der Waals surface area contributed by atoms with Gasteiger partial charge in [0.1, 0.15) is 5.75 Å². The van der Waals surface area contributed by atoms with Crippen molar-refractivity contribution in [1.82, 2.24) is 4.90 Å². The Morgan fingerprint density at radius 2 is 1.96 bits per heavy atom. The average molecular weight is 385 g/mol. The normalized spacial score (nSPS) is 16.7. The van der Waals surface area contributed by atoms with Crippen molar-refractivity contribution in [1.29, 1.82) is 0 Å². The zero-order valence-corrected chi connectivity index (χ0v) is 17.2. The Hall–Kier alpha value is -1.98. The third-order valence-electron chi connectivity index (χ3n) is 4.92. The maximum absolute atomic E-state index is 13.1. The van der Waals surface area contributed by atoms with Crippen molar-refractivity contribution in [3.63, 3.8) is 0 Å². The van der Waals surface area contributed by atoms with Crippen LogP contribution in [0.25, 0.3) is 0 Å². The molecule has 3 rings (SSSR count). The first-order chi connectivity index (χ1) is 13.1. The number of anilines is 1. The summed E-state index contributed by atoms with van der Waals surface area (Å²) >= 11 is 1.87. The van der Waals surface area contributed by atoms with Crippen LogP contribution in [0.2, 0.25) is 0 Å². The number of amides is 1. The quantitative estimate of drug-likeness (QED) is 0.737. The minimum Gasteiger partial charge on any atom is -0.497 e. The highest BCUT2D eigenvalue weighted by atomic mass is 32.2. The van der Waals surface area contributed by atoms with Gasteiger partial charge in [-0.3, -0.25) is 9.69 Å². The average Bonchev–Trinajstić information content (AvgIpc) is 2.86. The number of hydrogen-bond acceptors (Lipinski definition) is 4. The Morgan fingerprint density at radius 1 is 1.22 bits per heavy atom. The molecule has 0 aliphatic carbocycles. The summed E-state index contributed by atoms with van der Waals surface area (Å²) in [7, 11) is 1.67. The number of thioether (sulfide) groups is 1. The van der Waals surface area contributed by atoms with Gasteiger partial charge in [-0.25, -0.2) is 0 Å². The van der Waals surface area contributed by atoms with Crippen LogP contribution in [0, 0.1) is 0 Å². The van der Waals surface area contributed by atoms with Crippen LogP contribution in [0.5, 0.6) is 5.75 Å². The molecule has 1 heterocycles. The van der Waals surface area contributed by atoms with Gasteiger partial charge >= 0.3 is 0 Å². The molecule has 0 saturated heterocycles. The molecule has 0 radical (unpaired) electrons. The number of likely N-dealkylation sites (N-methyl/N-ethyl adjacent to an activating group) is 1. The fraction of sp³-hybridized carbons (Fsp3) is 0.409. The van der Waals surface area contributed by atoms with Crippen molar-refractivity contribution in [3.8, 4) is 5.75 Å². The molecule has 1 aliphatic rings. The summed E-state index contributed by atoms with van der Waals surface area (Å²) in [6.45, 7) is 7.13. The van der Waals surface area contributed by atoms with Crippen LogP contribution >= 0.6 is 11.8 Å². The van der Waals surface area contributed by atoms with Crippen molar-refractivity contribution in [2.75, 3.05) is 31.6 Å². The van der Waals surface area contributed by atoms with Crippen LogP contribution in [0.15, 0.2) is 53.4 Å². The SMILES string of the molecule is CCN(CC(=O)N1CCC(C)Sc2ccccc21)Cc1ccc(OC)cc1. The molecular formula is C22H28N2O2S. The molecule has 4 nitrogen and oxygen atoms in total. The zero-order chi connectivity index (χ0) is 19.2. The summed E-state index contributed by atoms with van der Waals surface area (Å²) in [6, 6.07) is 16.3. The molecule has 5 heteroatoms. The first kappa shape index (κ1) is 19.8. The summed E-state index contributed by atoms with van der Waals surface area (Å²) in [5.74, 6) is 1.03. The van der Waals surface area contributed by atoms with Gasteiger partial charge in [0.15, 0.2) is 0 Å². The van der Waals surface area contributed by atoms with E-state index < -0.39 is 0 Å². The van der Waals surface area contributed by atoms with Crippen molar-refractivity contribution in [3.05, 3.63) is 54.1 Å². The van der Waals surface area contributed by atoms with Gasteiger partial charge < -0.3 is 9.64 Å². The van der Waals surface area contributed by atoms with E-state index in [9.17, 15) is 4.79 Å². The number of nitrogens with zero attached hydrogens (tertiary/aromatic N) is 2. The summed E-state index contributed by atoms with van der Waals surface area (Å²) < 4.78 is 5.22. The van der Waals surface area contributed by atoms with Gasteiger partial charge in [-0.2, -0.15) is 0 Å². The molecule has 1 unspecified atom stereocenters. The van der Waals surface area contributed by atoms with Gasteiger partial charge in [0, 0.05) is 23.2 Å². The smallest absolute Gasteiger partial charge is 0.241 e. The van der Waals surface area contributed by atoms with Crippen LogP contribution in [0.4, 0.5) is 5.69 Å². The molecule has 2 aromatic carbocycles. The van der Waals surface area contributed by atoms with Gasteiger partial charge in [0.05, 0.1) is 19.3 Å². The van der Waals surface area contributed by atoms with E-state index in [2.05, 4.69) is 49.1 Å². The molecule has 0 spiro atoms. The van der Waals surface area contributed by atoms with Crippen molar-refractivity contribution in [2.45, 2.75) is 37.0 Å². The second-order valence-corrected chi connectivity index (χ2v) is 8.36. The predicted molar refractivity (Wildman–Crippen MR) is 113 cm³/mol. The first-order valence-electron chi connectivity index (χ1n) is 9.52. The number of para-hydroxylation sites is 1. The van der Waals surface area contributed by atoms with Crippen molar-refractivity contribution >= 4 is 23.4 Å². The van der Waals surface area contributed by atoms with Crippen LogP contribution in [-0.4, -0.2) is 42.8 Å². The third kappa shape index (κ3) is 5.05. The predicted octanol–water partition coefficient (Wildman–Crippen LogP) is 4.43. The fourth-order valence-electron chi connectivity index (χ4n) is 3.29. The highest BCUT2D eigenvalue weighted by Crippen LogP contribution is 2.37. The third-order valence-corrected chi connectivity index (χ3v) is 6.15. The number of hydrogen-bond donors (Lipinski definition) is 0. The molecule has 1 amide bonds. The van der Waals surface area contributed by atoms with Gasteiger partial charge in [-0.15, -0.1) is 11.8 Å². The van der Waals surface area contributed by atoms with E-state index in [1.54, 1.807) is 7.11 Å². The van der Waals surface area contributed by atoms with E-state index in [1.807, 2.05) is 34.9 Å². The Morgan fingerprint density at radius 3 is 2.67 bits per heavy atom. The summed E-state index contributed by atoms with van der Waals surface area (Å²) in [5, 5.41) is 0.519. The molecule has 2 aromatic rings. The van der Waals surface area contributed by atoms with Gasteiger partial charge in [-0.05, 0) is 42.8 Å². The molecule has 1 atom stereocenters. The number of carbonyl (C=O) groups excluding carboxylic acids is 1. The number of methoxy groups -OCH3 is 1. The van der Waals surface area contributed by atoms with Gasteiger partial charge in [-0.1, -0.05) is 38.1 Å². The molecule has 0 saturated carbocycles. The number of fused-ring (bicyclic) bond motifs is 1. The van der Waals surface area contributed by atoms with Crippen molar-refractivity contribution in [2.24, 2.45) is 0 Å². The monoisotopic (exact) mass is 384 g/mol. The van der Waals surface area contributed by atoms with Crippen LogP contribution in [0.1, 0.15) is 25.8 Å². The topological polar surface area (TPSA) is 32.8 Å². The number of benzene rings is 2. The van der Waals surface area contributed by atoms with E-state index in [1.165, 1.54) is 10.5 Å². The van der Waals surface area contributed by atoms with Crippen LogP contribution in [-0.2, 0) is 11.3 Å². The number of carbonyl (C=O) groups is 1. The second kappa shape index (κ2) is 9.29. The maximum Gasteiger partial charge on any atom is 0.241 e. The highest BCUT2D eigenvalue weighted by Gasteiger charge is 2.25. The Balaban J connectivity index is 1.70. The Bertz CT molecular complexity index is 763. The first-order valence-corrected chi connectivity index (χ1v) is 10.4. The standard InChI is InChI=1S/C22H28N2O2S/c1-4-23(15-18-9-11-19(26-3)12-10-18)16-22(25)24-14-13-17(2)27-21-8-6-5-7-20(21)24/h5-12,17H,4,13-16H2,1-3H3. The summed E-state index contributed by atoms with van der Waals surface area (Å²) in [4.78, 5) is 18.5. The molecule has 0 N–H and O–H groups in total. The van der Waals surface area contributed by atoms with E-state index in [0.29, 0.717) is 11.8 Å². The maximum atomic E-state index is 13.1. The van der Waals surface area contributed by atoms with Crippen LogP contribution in [0.3, 0.4) is 0 Å². The molecule has 0 fully saturated rings. The van der Waals surface area contributed by atoms with Crippen LogP contribution < -0.4 is 9.64 Å². The highest BCUT2D eigenvalue weighted by molar-refractivity contribution is 8.00. The summed E-state index contributed by atoms with van der Waals surface area (Å²) in [5.41, 5.74) is 2.24. The Kier molecular flexibility index (Phi) is 6.80. The lowest BCUT2D eigenvalue weighted by molar-refractivity contribution is -0.119. The second-order valence-electron chi connectivity index (χ2n) is 6.88. The van der Waals surface area contributed by atoms with E-state index in [-0.39, 0.29) is 5.91 Å². The molecule has 144 valence electrons. The lowest BCUT2D eigenvalue weighted by Crippen LogP contribution is -2.41. The minimum atomic E-state index is 0.174. The summed E-state index contributed by atoms with van der Waals surface area (Å²) in [6.07, 6.45) is 1.01. The van der Waals surface area contributed by atoms with E-state index in [0.717, 1.165) is 37.5 Å². The van der Waals surface area contributed by atoms with Gasteiger partial charge in [0.25, 0.3) is 0 Å². The largest absolute Gasteiger partial charge is 0.497 e. The Labute approximate surface area is 166 Å². The number of ether oxygens (including phenoxy) is 1. The van der Waals surface area contributed by atoms with Gasteiger partial charge in [0.2, 0.25) is 5.91 Å². The van der Waals surface area contributed by atoms with E-state index >= 15 is 0 Å². The lowest BCUT2D eigenvalue weighted by Gasteiger charge is -2.27. The molecule has 27 heavy (non-hydrogen) atoms. The molecule has 0 bridgehead atoms. The lowest BCUT2D eigenvalue weighted by atomic mass is 10.2. The minimum absolute atomic E-state index is 0.174. The molecular weight excluding hydrogens is 356 g/mol.